The average Bonchev–Trinajstić information content (AvgIpc) is 2.49. The normalized spacial score (nSPS) is 21.1. The Morgan fingerprint density at radius 1 is 1.05 bits per heavy atom. The predicted octanol–water partition coefficient (Wildman–Crippen LogP) is 4.80. The van der Waals surface area contributed by atoms with Gasteiger partial charge in [0.05, 0.1) is 5.02 Å². The first-order valence-corrected chi connectivity index (χ1v) is 7.39. The summed E-state index contributed by atoms with van der Waals surface area (Å²) >= 11 is 5.75. The zero-order chi connectivity index (χ0) is 15.0. The zero-order valence-electron chi connectivity index (χ0n) is 11.7. The van der Waals surface area contributed by atoms with Crippen LogP contribution >= 0.6 is 11.6 Å². The molecule has 1 aliphatic carbocycles. The molecule has 0 fully saturated rings. The summed E-state index contributed by atoms with van der Waals surface area (Å²) in [5.41, 5.74) is 2.87. The van der Waals surface area contributed by atoms with Crippen molar-refractivity contribution in [1.29, 1.82) is 0 Å². The third-order valence-corrected chi connectivity index (χ3v) is 4.54. The molecule has 21 heavy (non-hydrogen) atoms. The molecular formula is C17H16ClF2N. The molecule has 2 aromatic carbocycles. The minimum Gasteiger partial charge on any atom is -0.313 e. The molecular weight excluding hydrogens is 292 g/mol. The first-order valence-electron chi connectivity index (χ1n) is 7.01. The van der Waals surface area contributed by atoms with E-state index < -0.39 is 5.82 Å². The lowest BCUT2D eigenvalue weighted by Crippen LogP contribution is -2.24. The highest BCUT2D eigenvalue weighted by atomic mass is 35.5. The van der Waals surface area contributed by atoms with Crippen molar-refractivity contribution in [2.24, 2.45) is 0 Å². The number of benzene rings is 2. The predicted molar refractivity (Wildman–Crippen MR) is 80.7 cm³/mol. The summed E-state index contributed by atoms with van der Waals surface area (Å²) in [7, 11) is 1.90. The molecule has 0 aliphatic heterocycles. The third-order valence-electron chi connectivity index (χ3n) is 4.24. The molecule has 1 nitrogen and oxygen atoms in total. The van der Waals surface area contributed by atoms with Crippen molar-refractivity contribution >= 4 is 11.6 Å². The van der Waals surface area contributed by atoms with Crippen LogP contribution in [0.25, 0.3) is 0 Å². The number of nitrogens with one attached hydrogen (secondary N) is 1. The van der Waals surface area contributed by atoms with E-state index in [1.807, 2.05) is 19.2 Å². The van der Waals surface area contributed by atoms with Crippen LogP contribution in [0.4, 0.5) is 8.78 Å². The van der Waals surface area contributed by atoms with Gasteiger partial charge in [0.1, 0.15) is 11.6 Å². The van der Waals surface area contributed by atoms with E-state index in [-0.39, 0.29) is 22.8 Å². The summed E-state index contributed by atoms with van der Waals surface area (Å²) in [6.07, 6.45) is 1.78. The van der Waals surface area contributed by atoms with Gasteiger partial charge >= 0.3 is 0 Å². The van der Waals surface area contributed by atoms with Gasteiger partial charge in [-0.15, -0.1) is 0 Å². The molecule has 1 N–H and O–H groups in total. The number of fused-ring (bicyclic) bond motifs is 1. The fourth-order valence-corrected chi connectivity index (χ4v) is 3.30. The van der Waals surface area contributed by atoms with Crippen molar-refractivity contribution in [2.45, 2.75) is 24.8 Å². The SMILES string of the molecule is CN[C@H]1CC[C@@H](c2ccc(Cl)c(F)c2)c2cc(F)ccc21. The van der Waals surface area contributed by atoms with Gasteiger partial charge in [-0.1, -0.05) is 23.7 Å². The van der Waals surface area contributed by atoms with Crippen LogP contribution in [0, 0.1) is 11.6 Å². The van der Waals surface area contributed by atoms with Crippen LogP contribution in [0.1, 0.15) is 41.5 Å². The van der Waals surface area contributed by atoms with Crippen LogP contribution in [0.15, 0.2) is 36.4 Å². The minimum atomic E-state index is -0.428. The maximum Gasteiger partial charge on any atom is 0.142 e. The second-order valence-electron chi connectivity index (χ2n) is 5.42. The van der Waals surface area contributed by atoms with Crippen molar-refractivity contribution in [3.63, 3.8) is 0 Å². The van der Waals surface area contributed by atoms with Gasteiger partial charge in [0.15, 0.2) is 0 Å². The molecule has 0 heterocycles. The van der Waals surface area contributed by atoms with Crippen LogP contribution in [-0.2, 0) is 0 Å². The monoisotopic (exact) mass is 307 g/mol. The highest BCUT2D eigenvalue weighted by molar-refractivity contribution is 6.30. The van der Waals surface area contributed by atoms with Crippen LogP contribution in [-0.4, -0.2) is 7.05 Å². The molecule has 0 saturated heterocycles. The molecule has 0 bridgehead atoms. The van der Waals surface area contributed by atoms with Crippen molar-refractivity contribution < 1.29 is 8.78 Å². The van der Waals surface area contributed by atoms with Gasteiger partial charge in [0, 0.05) is 12.0 Å². The molecule has 2 atom stereocenters. The Morgan fingerprint density at radius 2 is 1.86 bits per heavy atom. The molecule has 1 aliphatic rings. The van der Waals surface area contributed by atoms with Crippen LogP contribution in [0.3, 0.4) is 0 Å². The Balaban J connectivity index is 2.08. The largest absolute Gasteiger partial charge is 0.313 e. The van der Waals surface area contributed by atoms with E-state index >= 15 is 0 Å². The highest BCUT2D eigenvalue weighted by Gasteiger charge is 2.28. The molecule has 2 aromatic rings. The van der Waals surface area contributed by atoms with Crippen LogP contribution in [0.2, 0.25) is 5.02 Å². The molecule has 0 amide bonds. The van der Waals surface area contributed by atoms with Gasteiger partial charge in [-0.05, 0) is 60.8 Å². The Kier molecular flexibility index (Phi) is 3.96. The third kappa shape index (κ3) is 2.68. The molecule has 0 aromatic heterocycles. The van der Waals surface area contributed by atoms with Gasteiger partial charge in [-0.3, -0.25) is 0 Å². The van der Waals surface area contributed by atoms with Gasteiger partial charge < -0.3 is 5.32 Å². The zero-order valence-corrected chi connectivity index (χ0v) is 12.4. The van der Waals surface area contributed by atoms with E-state index in [2.05, 4.69) is 5.32 Å². The van der Waals surface area contributed by atoms with Gasteiger partial charge in [-0.2, -0.15) is 0 Å². The Labute approximate surface area is 127 Å². The maximum atomic E-state index is 13.7. The quantitative estimate of drug-likeness (QED) is 0.840. The summed E-state index contributed by atoms with van der Waals surface area (Å²) in [5, 5.41) is 3.37. The highest BCUT2D eigenvalue weighted by Crippen LogP contribution is 2.41. The van der Waals surface area contributed by atoms with Gasteiger partial charge in [0.25, 0.3) is 0 Å². The second-order valence-corrected chi connectivity index (χ2v) is 5.83. The summed E-state index contributed by atoms with van der Waals surface area (Å²) in [5.74, 6) is -0.681. The summed E-state index contributed by atoms with van der Waals surface area (Å²) < 4.78 is 27.4. The second kappa shape index (κ2) is 5.74. The van der Waals surface area contributed by atoms with Crippen molar-refractivity contribution in [3.05, 3.63) is 69.7 Å². The van der Waals surface area contributed by atoms with E-state index in [4.69, 9.17) is 11.6 Å². The van der Waals surface area contributed by atoms with Crippen LogP contribution in [0.5, 0.6) is 0 Å². The Morgan fingerprint density at radius 3 is 2.57 bits per heavy atom. The van der Waals surface area contributed by atoms with Gasteiger partial charge in [-0.25, -0.2) is 8.78 Å². The van der Waals surface area contributed by atoms with E-state index in [1.165, 1.54) is 12.1 Å². The fourth-order valence-electron chi connectivity index (χ4n) is 3.18. The number of rotatable bonds is 2. The van der Waals surface area contributed by atoms with Crippen LogP contribution < -0.4 is 5.32 Å². The Bertz CT molecular complexity index is 672. The smallest absolute Gasteiger partial charge is 0.142 e. The van der Waals surface area contributed by atoms with Crippen molar-refractivity contribution in [3.8, 4) is 0 Å². The minimum absolute atomic E-state index is 0.00654. The molecule has 0 radical (unpaired) electrons. The topological polar surface area (TPSA) is 12.0 Å². The lowest BCUT2D eigenvalue weighted by molar-refractivity contribution is 0.466. The summed E-state index contributed by atoms with van der Waals surface area (Å²) in [6, 6.07) is 9.93. The standard InChI is InChI=1S/C17H16ClF2N/c1-21-17-7-5-12(10-2-6-15(18)16(20)8-10)14-9-11(19)3-4-13(14)17/h2-4,6,8-9,12,17,21H,5,7H2,1H3/t12-,17-/m0/s1. The Hall–Kier alpha value is -1.45. The van der Waals surface area contributed by atoms with Gasteiger partial charge in [0.2, 0.25) is 0 Å². The summed E-state index contributed by atoms with van der Waals surface area (Å²) in [4.78, 5) is 0. The average molecular weight is 308 g/mol. The van der Waals surface area contributed by atoms with E-state index in [1.54, 1.807) is 12.1 Å². The van der Waals surface area contributed by atoms with E-state index in [9.17, 15) is 8.78 Å². The first-order chi connectivity index (χ1) is 10.1. The first kappa shape index (κ1) is 14.5. The van der Waals surface area contributed by atoms with E-state index in [0.29, 0.717) is 0 Å². The molecule has 4 heteroatoms. The molecule has 0 spiro atoms. The number of halogens is 3. The van der Waals surface area contributed by atoms with Crippen molar-refractivity contribution in [2.75, 3.05) is 7.05 Å². The van der Waals surface area contributed by atoms with Crippen molar-refractivity contribution in [1.82, 2.24) is 5.32 Å². The maximum absolute atomic E-state index is 13.7. The molecule has 0 unspecified atom stereocenters. The molecule has 110 valence electrons. The number of hydrogen-bond donors (Lipinski definition) is 1. The molecule has 3 rings (SSSR count). The van der Waals surface area contributed by atoms with E-state index in [0.717, 1.165) is 29.5 Å². The number of hydrogen-bond acceptors (Lipinski definition) is 1. The lowest BCUT2D eigenvalue weighted by Gasteiger charge is -2.32. The molecule has 0 saturated carbocycles. The summed E-state index contributed by atoms with van der Waals surface area (Å²) in [6.45, 7) is 0. The lowest BCUT2D eigenvalue weighted by atomic mass is 9.76. The fraction of sp³-hybridized carbons (Fsp3) is 0.294.